The molecular formula is C36H40FN3O4S. The van der Waals surface area contributed by atoms with Gasteiger partial charge in [-0.05, 0) is 72.9 Å². The number of carbonyl (C=O) groups is 2. The van der Waals surface area contributed by atoms with Gasteiger partial charge >= 0.3 is 0 Å². The smallest absolute Gasteiger partial charge is 0.264 e. The molecule has 0 bridgehead atoms. The fraction of sp³-hybridized carbons (Fsp3) is 0.278. The number of hydrogen-bond donors (Lipinski definition) is 1. The second kappa shape index (κ2) is 15.0. The molecule has 0 spiro atoms. The molecule has 0 aliphatic heterocycles. The molecule has 7 nitrogen and oxygen atoms in total. The maximum Gasteiger partial charge on any atom is 0.264 e. The van der Waals surface area contributed by atoms with Crippen LogP contribution in [0.2, 0.25) is 0 Å². The molecular weight excluding hydrogens is 589 g/mol. The van der Waals surface area contributed by atoms with E-state index in [4.69, 9.17) is 0 Å². The SMILES string of the molecule is CC(C)NC(=O)[C@@H](Cc1ccccc1)N(Cc1ccc(F)cc1)C(=O)CN(c1ccc(C(C)C)cc1)S(=O)(=O)c1ccccc1. The Morgan fingerprint density at radius 1 is 0.756 bits per heavy atom. The Hall–Kier alpha value is -4.50. The van der Waals surface area contributed by atoms with E-state index in [9.17, 15) is 22.4 Å². The van der Waals surface area contributed by atoms with Crippen molar-refractivity contribution >= 4 is 27.5 Å². The Morgan fingerprint density at radius 3 is 1.89 bits per heavy atom. The van der Waals surface area contributed by atoms with Crippen LogP contribution in [0.1, 0.15) is 50.3 Å². The van der Waals surface area contributed by atoms with Gasteiger partial charge in [-0.3, -0.25) is 13.9 Å². The lowest BCUT2D eigenvalue weighted by atomic mass is 10.0. The molecule has 2 amide bonds. The van der Waals surface area contributed by atoms with Crippen molar-refractivity contribution in [3.63, 3.8) is 0 Å². The molecule has 45 heavy (non-hydrogen) atoms. The topological polar surface area (TPSA) is 86.8 Å². The Morgan fingerprint density at radius 2 is 1.33 bits per heavy atom. The van der Waals surface area contributed by atoms with Gasteiger partial charge < -0.3 is 10.2 Å². The molecule has 0 heterocycles. The van der Waals surface area contributed by atoms with Crippen LogP contribution in [-0.2, 0) is 32.6 Å². The number of anilines is 1. The molecule has 0 aliphatic carbocycles. The normalized spacial score (nSPS) is 12.2. The summed E-state index contributed by atoms with van der Waals surface area (Å²) in [5.74, 6) is -1.15. The molecule has 9 heteroatoms. The zero-order valence-corrected chi connectivity index (χ0v) is 26.9. The van der Waals surface area contributed by atoms with Gasteiger partial charge in [0, 0.05) is 19.0 Å². The fourth-order valence-electron chi connectivity index (χ4n) is 5.00. The van der Waals surface area contributed by atoms with E-state index in [-0.39, 0.29) is 35.7 Å². The van der Waals surface area contributed by atoms with Crippen molar-refractivity contribution in [2.45, 2.75) is 63.6 Å². The maximum absolute atomic E-state index is 14.4. The standard InChI is InChI=1S/C36H40FN3O4S/c1-26(2)30-17-21-32(22-18-30)40(45(43,44)33-13-9-6-10-14-33)25-35(41)39(24-29-15-19-31(37)20-16-29)34(36(42)38-27(3)4)23-28-11-7-5-8-12-28/h5-22,26-27,34H,23-25H2,1-4H3,(H,38,42)/t34-/m1/s1. The second-order valence-corrected chi connectivity index (χ2v) is 13.5. The number of hydrogen-bond acceptors (Lipinski definition) is 4. The van der Waals surface area contributed by atoms with Gasteiger partial charge in [-0.2, -0.15) is 0 Å². The molecule has 0 aliphatic rings. The maximum atomic E-state index is 14.4. The van der Waals surface area contributed by atoms with Crippen LogP contribution in [0.3, 0.4) is 0 Å². The molecule has 0 radical (unpaired) electrons. The van der Waals surface area contributed by atoms with Crippen LogP contribution in [0, 0.1) is 5.82 Å². The number of nitrogens with one attached hydrogen (secondary N) is 1. The lowest BCUT2D eigenvalue weighted by molar-refractivity contribution is -0.140. The van der Waals surface area contributed by atoms with Gasteiger partial charge in [-0.1, -0.05) is 86.6 Å². The number of halogens is 1. The summed E-state index contributed by atoms with van der Waals surface area (Å²) in [6.07, 6.45) is 0.195. The minimum absolute atomic E-state index is 0.0341. The van der Waals surface area contributed by atoms with Gasteiger partial charge in [0.05, 0.1) is 10.6 Å². The van der Waals surface area contributed by atoms with E-state index in [2.05, 4.69) is 5.32 Å². The monoisotopic (exact) mass is 629 g/mol. The van der Waals surface area contributed by atoms with E-state index in [0.29, 0.717) is 11.3 Å². The van der Waals surface area contributed by atoms with E-state index < -0.39 is 34.3 Å². The van der Waals surface area contributed by atoms with Gasteiger partial charge in [0.15, 0.2) is 0 Å². The third kappa shape index (κ3) is 8.79. The van der Waals surface area contributed by atoms with Crippen LogP contribution < -0.4 is 9.62 Å². The molecule has 0 saturated carbocycles. The Bertz CT molecular complexity index is 1660. The summed E-state index contributed by atoms with van der Waals surface area (Å²) >= 11 is 0. The van der Waals surface area contributed by atoms with Crippen LogP contribution in [-0.4, -0.2) is 43.8 Å². The molecule has 4 rings (SSSR count). The average Bonchev–Trinajstić information content (AvgIpc) is 3.03. The third-order valence-electron chi connectivity index (χ3n) is 7.43. The number of sulfonamides is 1. The van der Waals surface area contributed by atoms with Crippen LogP contribution in [0.25, 0.3) is 0 Å². The highest BCUT2D eigenvalue weighted by atomic mass is 32.2. The highest BCUT2D eigenvalue weighted by Gasteiger charge is 2.34. The second-order valence-electron chi connectivity index (χ2n) is 11.6. The molecule has 0 unspecified atom stereocenters. The Kier molecular flexibility index (Phi) is 11.1. The van der Waals surface area contributed by atoms with E-state index in [1.807, 2.05) is 70.2 Å². The summed E-state index contributed by atoms with van der Waals surface area (Å²) in [5.41, 5.74) is 2.77. The van der Waals surface area contributed by atoms with Gasteiger partial charge in [-0.25, -0.2) is 12.8 Å². The molecule has 1 atom stereocenters. The van der Waals surface area contributed by atoms with Crippen molar-refractivity contribution in [1.29, 1.82) is 0 Å². The molecule has 0 fully saturated rings. The largest absolute Gasteiger partial charge is 0.352 e. The highest BCUT2D eigenvalue weighted by molar-refractivity contribution is 7.92. The van der Waals surface area contributed by atoms with Gasteiger partial charge in [0.1, 0.15) is 18.4 Å². The van der Waals surface area contributed by atoms with Gasteiger partial charge in [0.2, 0.25) is 11.8 Å². The van der Waals surface area contributed by atoms with E-state index in [0.717, 1.165) is 15.4 Å². The van der Waals surface area contributed by atoms with Gasteiger partial charge in [0.25, 0.3) is 10.0 Å². The molecule has 0 saturated heterocycles. The summed E-state index contributed by atoms with van der Waals surface area (Å²) in [4.78, 5) is 29.6. The van der Waals surface area contributed by atoms with E-state index in [1.165, 1.54) is 29.2 Å². The number of rotatable bonds is 13. The van der Waals surface area contributed by atoms with Crippen molar-refractivity contribution in [3.05, 3.63) is 132 Å². The lowest BCUT2D eigenvalue weighted by Gasteiger charge is -2.34. The first-order valence-corrected chi connectivity index (χ1v) is 16.5. The van der Waals surface area contributed by atoms with Crippen molar-refractivity contribution < 1.29 is 22.4 Å². The summed E-state index contributed by atoms with van der Waals surface area (Å²) in [7, 11) is -4.18. The van der Waals surface area contributed by atoms with Crippen molar-refractivity contribution in [2.75, 3.05) is 10.8 Å². The fourth-order valence-corrected chi connectivity index (χ4v) is 6.43. The van der Waals surface area contributed by atoms with Crippen LogP contribution in [0.15, 0.2) is 114 Å². The summed E-state index contributed by atoms with van der Waals surface area (Å²) in [6.45, 7) is 7.16. The number of carbonyl (C=O) groups excluding carboxylic acids is 2. The molecule has 4 aromatic carbocycles. The first kappa shape index (κ1) is 33.4. The number of nitrogens with zero attached hydrogens (tertiary/aromatic N) is 2. The zero-order chi connectivity index (χ0) is 32.6. The Labute approximate surface area is 265 Å². The molecule has 236 valence electrons. The quantitative estimate of drug-likeness (QED) is 0.188. The van der Waals surface area contributed by atoms with Crippen molar-refractivity contribution in [3.8, 4) is 0 Å². The van der Waals surface area contributed by atoms with Gasteiger partial charge in [-0.15, -0.1) is 0 Å². The predicted molar refractivity (Wildman–Crippen MR) is 176 cm³/mol. The van der Waals surface area contributed by atoms with Crippen LogP contribution in [0.5, 0.6) is 0 Å². The summed E-state index contributed by atoms with van der Waals surface area (Å²) in [6, 6.07) is 28.9. The average molecular weight is 630 g/mol. The highest BCUT2D eigenvalue weighted by Crippen LogP contribution is 2.27. The number of benzene rings is 4. The minimum atomic E-state index is -4.18. The third-order valence-corrected chi connectivity index (χ3v) is 9.21. The first-order chi connectivity index (χ1) is 21.5. The Balaban J connectivity index is 1.80. The van der Waals surface area contributed by atoms with E-state index >= 15 is 0 Å². The summed E-state index contributed by atoms with van der Waals surface area (Å²) < 4.78 is 43.1. The molecule has 1 N–H and O–H groups in total. The zero-order valence-electron chi connectivity index (χ0n) is 26.1. The number of amides is 2. The first-order valence-electron chi connectivity index (χ1n) is 15.0. The predicted octanol–water partition coefficient (Wildman–Crippen LogP) is 6.31. The van der Waals surface area contributed by atoms with E-state index in [1.54, 1.807) is 42.5 Å². The van der Waals surface area contributed by atoms with Crippen LogP contribution in [0.4, 0.5) is 10.1 Å². The van der Waals surface area contributed by atoms with Crippen LogP contribution >= 0.6 is 0 Å². The van der Waals surface area contributed by atoms with Crippen molar-refractivity contribution in [2.24, 2.45) is 0 Å². The summed E-state index contributed by atoms with van der Waals surface area (Å²) in [5, 5.41) is 2.93. The molecule has 0 aromatic heterocycles. The minimum Gasteiger partial charge on any atom is -0.352 e. The lowest BCUT2D eigenvalue weighted by Crippen LogP contribution is -2.54. The van der Waals surface area contributed by atoms with Crippen molar-refractivity contribution in [1.82, 2.24) is 10.2 Å². The molecule has 4 aromatic rings.